The smallest absolute Gasteiger partial charge is 0.312 e. The number of hydrogen-bond acceptors (Lipinski definition) is 4. The zero-order valence-corrected chi connectivity index (χ0v) is 9.26. The Morgan fingerprint density at radius 3 is 2.15 bits per heavy atom. The largest absolute Gasteiger partial charge is 0.337 e. The number of allylic oxidation sites excluding steroid dienone is 2. The summed E-state index contributed by atoms with van der Waals surface area (Å²) in [5.41, 5.74) is 0.564. The van der Waals surface area contributed by atoms with Gasteiger partial charge in [0.15, 0.2) is 5.78 Å². The van der Waals surface area contributed by atoms with E-state index in [0.29, 0.717) is 5.57 Å². The topological polar surface area (TPSA) is 52.6 Å². The van der Waals surface area contributed by atoms with E-state index in [9.17, 15) is 9.36 Å². The fourth-order valence-electron chi connectivity index (χ4n) is 0.665. The van der Waals surface area contributed by atoms with Gasteiger partial charge in [-0.1, -0.05) is 6.08 Å². The maximum absolute atomic E-state index is 11.5. The predicted molar refractivity (Wildman–Crippen MR) is 50.9 cm³/mol. The molecule has 0 aromatic rings. The van der Waals surface area contributed by atoms with Crippen LogP contribution in [0.3, 0.4) is 0 Å². The number of hydrogen-bond donors (Lipinski definition) is 0. The molecule has 13 heavy (non-hydrogen) atoms. The van der Waals surface area contributed by atoms with Crippen molar-refractivity contribution in [3.63, 3.8) is 0 Å². The van der Waals surface area contributed by atoms with Crippen LogP contribution in [0.4, 0.5) is 0 Å². The van der Waals surface area contributed by atoms with E-state index in [1.807, 2.05) is 0 Å². The van der Waals surface area contributed by atoms with Crippen LogP contribution >= 0.6 is 7.60 Å². The lowest BCUT2D eigenvalue weighted by Crippen LogP contribution is -2.08. The molecule has 0 aliphatic carbocycles. The van der Waals surface area contributed by atoms with E-state index in [4.69, 9.17) is 0 Å². The van der Waals surface area contributed by atoms with Crippen molar-refractivity contribution >= 4 is 13.4 Å². The Morgan fingerprint density at radius 1 is 1.38 bits per heavy atom. The van der Waals surface area contributed by atoms with Crippen molar-refractivity contribution in [2.45, 2.75) is 13.8 Å². The molecule has 0 aromatic heterocycles. The minimum Gasteiger partial charge on any atom is -0.312 e. The highest BCUT2D eigenvalue weighted by Crippen LogP contribution is 2.46. The molecular weight excluding hydrogens is 191 g/mol. The van der Waals surface area contributed by atoms with Gasteiger partial charge in [-0.05, 0) is 19.4 Å². The van der Waals surface area contributed by atoms with Crippen molar-refractivity contribution in [2.24, 2.45) is 0 Å². The first-order valence-electron chi connectivity index (χ1n) is 3.85. The first-order valence-corrected chi connectivity index (χ1v) is 5.58. The molecule has 0 atom stereocenters. The summed E-state index contributed by atoms with van der Waals surface area (Å²) < 4.78 is 20.8. The SMILES string of the molecule is C/C=C(\C)C(=O)CP(=O)(OC)OC. The van der Waals surface area contributed by atoms with Crippen molar-refractivity contribution in [2.75, 3.05) is 20.4 Å². The molecule has 0 rings (SSSR count). The van der Waals surface area contributed by atoms with E-state index in [2.05, 4.69) is 9.05 Å². The summed E-state index contributed by atoms with van der Waals surface area (Å²) in [5, 5.41) is 0. The van der Waals surface area contributed by atoms with E-state index in [1.54, 1.807) is 19.9 Å². The van der Waals surface area contributed by atoms with Gasteiger partial charge in [-0.15, -0.1) is 0 Å². The van der Waals surface area contributed by atoms with Gasteiger partial charge in [0, 0.05) is 14.2 Å². The highest BCUT2D eigenvalue weighted by atomic mass is 31.2. The molecule has 0 spiro atoms. The third kappa shape index (κ3) is 3.85. The normalized spacial score (nSPS) is 13.1. The molecule has 0 heterocycles. The van der Waals surface area contributed by atoms with Gasteiger partial charge in [0.2, 0.25) is 0 Å². The Labute approximate surface area is 78.5 Å². The quantitative estimate of drug-likeness (QED) is 0.510. The monoisotopic (exact) mass is 206 g/mol. The van der Waals surface area contributed by atoms with Crippen LogP contribution in [-0.4, -0.2) is 26.2 Å². The van der Waals surface area contributed by atoms with Crippen molar-refractivity contribution in [1.82, 2.24) is 0 Å². The average Bonchev–Trinajstić information content (AvgIpc) is 2.16. The molecule has 0 fully saturated rings. The molecule has 0 aliphatic heterocycles. The van der Waals surface area contributed by atoms with Gasteiger partial charge in [-0.2, -0.15) is 0 Å². The molecule has 0 saturated heterocycles. The summed E-state index contributed by atoms with van der Waals surface area (Å²) in [4.78, 5) is 11.3. The number of carbonyl (C=O) groups is 1. The van der Waals surface area contributed by atoms with E-state index in [-0.39, 0.29) is 11.9 Å². The fourth-order valence-corrected chi connectivity index (χ4v) is 1.67. The number of Topliss-reactive ketones (excluding diaryl/α,β-unsaturated/α-hetero) is 1. The number of rotatable bonds is 5. The van der Waals surface area contributed by atoms with Crippen LogP contribution in [0.25, 0.3) is 0 Å². The Balaban J connectivity index is 4.44. The second kappa shape index (κ2) is 5.32. The summed E-state index contributed by atoms with van der Waals surface area (Å²) in [6.45, 7) is 3.41. The van der Waals surface area contributed by atoms with Crippen molar-refractivity contribution < 1.29 is 18.4 Å². The van der Waals surface area contributed by atoms with E-state index in [1.165, 1.54) is 14.2 Å². The van der Waals surface area contributed by atoms with Crippen LogP contribution in [0.5, 0.6) is 0 Å². The minimum atomic E-state index is -3.19. The summed E-state index contributed by atoms with van der Waals surface area (Å²) in [6.07, 6.45) is 1.47. The molecule has 0 amide bonds. The molecule has 0 unspecified atom stereocenters. The van der Waals surface area contributed by atoms with Gasteiger partial charge in [0.05, 0.1) is 0 Å². The first kappa shape index (κ1) is 12.6. The Bertz CT molecular complexity index is 249. The molecule has 0 radical (unpaired) electrons. The molecule has 0 aliphatic rings. The standard InChI is InChI=1S/C8H15O4P/c1-5-7(2)8(9)6-13(10,11-3)12-4/h5H,6H2,1-4H3/b7-5+. The van der Waals surface area contributed by atoms with Gasteiger partial charge in [-0.3, -0.25) is 9.36 Å². The van der Waals surface area contributed by atoms with Crippen LogP contribution < -0.4 is 0 Å². The Morgan fingerprint density at radius 2 is 1.85 bits per heavy atom. The second-order valence-corrected chi connectivity index (χ2v) is 4.80. The first-order chi connectivity index (χ1) is 5.99. The van der Waals surface area contributed by atoms with Crippen LogP contribution in [0.15, 0.2) is 11.6 Å². The molecule has 76 valence electrons. The minimum absolute atomic E-state index is 0.198. The maximum atomic E-state index is 11.5. The molecule has 0 N–H and O–H groups in total. The third-order valence-corrected chi connectivity index (χ3v) is 3.55. The zero-order valence-electron chi connectivity index (χ0n) is 8.36. The number of carbonyl (C=O) groups excluding carboxylic acids is 1. The van der Waals surface area contributed by atoms with Gasteiger partial charge in [-0.25, -0.2) is 0 Å². The van der Waals surface area contributed by atoms with E-state index < -0.39 is 7.60 Å². The molecule has 0 saturated carbocycles. The van der Waals surface area contributed by atoms with Gasteiger partial charge in [0.25, 0.3) is 0 Å². The summed E-state index contributed by atoms with van der Waals surface area (Å²) >= 11 is 0. The van der Waals surface area contributed by atoms with Crippen LogP contribution in [0.1, 0.15) is 13.8 Å². The maximum Gasteiger partial charge on any atom is 0.337 e. The van der Waals surface area contributed by atoms with Gasteiger partial charge < -0.3 is 9.05 Å². The molecule has 0 bridgehead atoms. The second-order valence-electron chi connectivity index (χ2n) is 2.53. The Hall–Kier alpha value is -0.440. The lowest BCUT2D eigenvalue weighted by Gasteiger charge is -2.12. The summed E-state index contributed by atoms with van der Waals surface area (Å²) in [6, 6.07) is 0. The van der Waals surface area contributed by atoms with Gasteiger partial charge >= 0.3 is 7.60 Å². The van der Waals surface area contributed by atoms with Crippen LogP contribution in [0, 0.1) is 0 Å². The molecule has 5 heteroatoms. The molecular formula is C8H15O4P. The lowest BCUT2D eigenvalue weighted by atomic mass is 10.2. The van der Waals surface area contributed by atoms with Crippen LogP contribution in [0.2, 0.25) is 0 Å². The average molecular weight is 206 g/mol. The van der Waals surface area contributed by atoms with E-state index >= 15 is 0 Å². The highest BCUT2D eigenvalue weighted by Gasteiger charge is 2.25. The molecule has 4 nitrogen and oxygen atoms in total. The number of ketones is 1. The van der Waals surface area contributed by atoms with Gasteiger partial charge in [0.1, 0.15) is 6.16 Å². The Kier molecular flexibility index (Phi) is 5.14. The van der Waals surface area contributed by atoms with E-state index in [0.717, 1.165) is 0 Å². The summed E-state index contributed by atoms with van der Waals surface area (Å²) in [5.74, 6) is -0.213. The molecule has 0 aromatic carbocycles. The highest BCUT2D eigenvalue weighted by molar-refractivity contribution is 7.54. The zero-order chi connectivity index (χ0) is 10.5. The van der Waals surface area contributed by atoms with Crippen molar-refractivity contribution in [3.05, 3.63) is 11.6 Å². The lowest BCUT2D eigenvalue weighted by molar-refractivity contribution is -0.113. The van der Waals surface area contributed by atoms with Crippen molar-refractivity contribution in [3.8, 4) is 0 Å². The summed E-state index contributed by atoms with van der Waals surface area (Å²) in [7, 11) is -0.662. The fraction of sp³-hybridized carbons (Fsp3) is 0.625. The van der Waals surface area contributed by atoms with Crippen LogP contribution in [-0.2, 0) is 18.4 Å². The third-order valence-electron chi connectivity index (χ3n) is 1.77. The van der Waals surface area contributed by atoms with Crippen molar-refractivity contribution in [1.29, 1.82) is 0 Å². The predicted octanol–water partition coefficient (Wildman–Crippen LogP) is 2.01.